The summed E-state index contributed by atoms with van der Waals surface area (Å²) in [5.74, 6) is -0.295. The number of aromatic amines is 1. The second-order valence-electron chi connectivity index (χ2n) is 9.63. The largest absolute Gasteiger partial charge is 0.493 e. The van der Waals surface area contributed by atoms with Gasteiger partial charge in [-0.15, -0.1) is 10.2 Å². The summed E-state index contributed by atoms with van der Waals surface area (Å²) in [6, 6.07) is 12.8. The minimum Gasteiger partial charge on any atom is -0.493 e. The number of Topliss-reactive ketones (excluding diaryl/α,β-unsaturated/α-hetero) is 2. The predicted octanol–water partition coefficient (Wildman–Crippen LogP) is 3.57. The molecule has 194 valence electrons. The maximum atomic E-state index is 14.3. The topological polar surface area (TPSA) is 132 Å². The average Bonchev–Trinajstić information content (AvgIpc) is 3.48. The Bertz CT molecular complexity index is 1530. The smallest absolute Gasteiger partial charge is 0.204 e. The van der Waals surface area contributed by atoms with Crippen molar-refractivity contribution in [3.05, 3.63) is 59.3 Å². The van der Waals surface area contributed by atoms with E-state index in [1.54, 1.807) is 24.3 Å². The van der Waals surface area contributed by atoms with Gasteiger partial charge in [-0.1, -0.05) is 19.1 Å². The number of para-hydroxylation sites is 1. The number of ketones is 2. The third-order valence-corrected chi connectivity index (χ3v) is 7.48. The standard InChI is InChI=1S/C28H28N6O4/c1-3-16-6-5-7-18-22(37-4-2)15-20(30-24(16)18)26(36)23-25(35)19-14-17(27-31-33-34-32-27)8-9-21(19)38-28(23)10-12-29-13-11-28/h5-9,14-15,23,29H,3-4,10-13H2,1-2H3,(H,31,32,33,34)/t23-/m1/s1. The Balaban J connectivity index is 1.49. The van der Waals surface area contributed by atoms with E-state index in [4.69, 9.17) is 14.5 Å². The van der Waals surface area contributed by atoms with Crippen LogP contribution >= 0.6 is 0 Å². The number of ether oxygens (including phenoxy) is 2. The minimum absolute atomic E-state index is 0.208. The van der Waals surface area contributed by atoms with Crippen LogP contribution in [0, 0.1) is 5.92 Å². The zero-order valence-electron chi connectivity index (χ0n) is 21.3. The highest BCUT2D eigenvalue weighted by atomic mass is 16.5. The van der Waals surface area contributed by atoms with E-state index in [2.05, 4.69) is 25.9 Å². The van der Waals surface area contributed by atoms with Gasteiger partial charge in [-0.2, -0.15) is 5.21 Å². The fourth-order valence-corrected chi connectivity index (χ4v) is 5.62. The van der Waals surface area contributed by atoms with Gasteiger partial charge in [-0.3, -0.25) is 9.59 Å². The number of rotatable bonds is 6. The van der Waals surface area contributed by atoms with Gasteiger partial charge in [0.2, 0.25) is 5.82 Å². The van der Waals surface area contributed by atoms with Crippen molar-refractivity contribution in [2.75, 3.05) is 19.7 Å². The quantitative estimate of drug-likeness (QED) is 0.294. The number of hydrogen-bond donors (Lipinski definition) is 2. The lowest BCUT2D eigenvalue weighted by molar-refractivity contribution is -0.0139. The van der Waals surface area contributed by atoms with Crippen LogP contribution in [0.2, 0.25) is 0 Å². The third-order valence-electron chi connectivity index (χ3n) is 7.48. The van der Waals surface area contributed by atoms with Crippen molar-refractivity contribution < 1.29 is 19.1 Å². The Kier molecular flexibility index (Phi) is 6.11. The van der Waals surface area contributed by atoms with Gasteiger partial charge in [0.25, 0.3) is 0 Å². The summed E-state index contributed by atoms with van der Waals surface area (Å²) >= 11 is 0. The molecule has 0 radical (unpaired) electrons. The molecular formula is C28H28N6O4. The third kappa shape index (κ3) is 3.92. The lowest BCUT2D eigenvalue weighted by atomic mass is 9.71. The maximum absolute atomic E-state index is 14.3. The van der Waals surface area contributed by atoms with Crippen molar-refractivity contribution in [2.24, 2.45) is 5.92 Å². The number of piperidine rings is 1. The molecular weight excluding hydrogens is 484 g/mol. The van der Waals surface area contributed by atoms with E-state index in [1.807, 2.05) is 32.0 Å². The number of carbonyl (C=O) groups is 2. The molecule has 0 aliphatic carbocycles. The molecule has 6 rings (SSSR count). The summed E-state index contributed by atoms with van der Waals surface area (Å²) in [6.07, 6.45) is 1.79. The molecule has 0 unspecified atom stereocenters. The number of nitrogens with zero attached hydrogens (tertiary/aromatic N) is 4. The first kappa shape index (κ1) is 24.2. The first-order valence-electron chi connectivity index (χ1n) is 13.0. The van der Waals surface area contributed by atoms with E-state index < -0.39 is 11.5 Å². The molecule has 1 fully saturated rings. The van der Waals surface area contributed by atoms with Gasteiger partial charge in [0, 0.05) is 29.9 Å². The fraction of sp³-hybridized carbons (Fsp3) is 0.357. The first-order chi connectivity index (χ1) is 18.5. The van der Waals surface area contributed by atoms with Crippen molar-refractivity contribution in [3.8, 4) is 22.9 Å². The summed E-state index contributed by atoms with van der Waals surface area (Å²) in [5, 5.41) is 18.2. The maximum Gasteiger partial charge on any atom is 0.204 e. The second kappa shape index (κ2) is 9.60. The Morgan fingerprint density at radius 1 is 1.16 bits per heavy atom. The van der Waals surface area contributed by atoms with Gasteiger partial charge in [-0.25, -0.2) is 4.98 Å². The Morgan fingerprint density at radius 2 is 2.00 bits per heavy atom. The summed E-state index contributed by atoms with van der Waals surface area (Å²) in [6.45, 7) is 5.67. The molecule has 2 aliphatic heterocycles. The number of hydrogen-bond acceptors (Lipinski definition) is 9. The molecule has 1 spiro atoms. The van der Waals surface area contributed by atoms with E-state index in [-0.39, 0.29) is 17.3 Å². The SMILES string of the molecule is CCOc1cc(C(=O)[C@H]2C(=O)c3cc(-c4nn[nH]n4)ccc3OC23CCNCC3)nc2c(CC)cccc12. The Labute approximate surface area is 219 Å². The summed E-state index contributed by atoms with van der Waals surface area (Å²) in [5.41, 5.74) is 1.90. The number of carbonyl (C=O) groups excluding carboxylic acids is 2. The molecule has 4 heterocycles. The second-order valence-corrected chi connectivity index (χ2v) is 9.63. The minimum atomic E-state index is -1.05. The zero-order valence-corrected chi connectivity index (χ0v) is 21.3. The fourth-order valence-electron chi connectivity index (χ4n) is 5.62. The number of tetrazole rings is 1. The molecule has 2 aromatic heterocycles. The van der Waals surface area contributed by atoms with Crippen molar-refractivity contribution in [1.82, 2.24) is 30.9 Å². The van der Waals surface area contributed by atoms with Crippen LogP contribution in [0.1, 0.15) is 53.1 Å². The molecule has 1 atom stereocenters. The highest BCUT2D eigenvalue weighted by Gasteiger charge is 2.54. The lowest BCUT2D eigenvalue weighted by Crippen LogP contribution is -2.58. The van der Waals surface area contributed by atoms with E-state index >= 15 is 0 Å². The van der Waals surface area contributed by atoms with E-state index in [1.165, 1.54) is 0 Å². The monoisotopic (exact) mass is 512 g/mol. The van der Waals surface area contributed by atoms with Crippen molar-refractivity contribution in [3.63, 3.8) is 0 Å². The van der Waals surface area contributed by atoms with Crippen LogP contribution in [-0.2, 0) is 6.42 Å². The number of aromatic nitrogens is 5. The molecule has 1 saturated heterocycles. The van der Waals surface area contributed by atoms with Gasteiger partial charge in [0.05, 0.1) is 17.7 Å². The highest BCUT2D eigenvalue weighted by molar-refractivity contribution is 6.19. The lowest BCUT2D eigenvalue weighted by Gasteiger charge is -2.45. The molecule has 0 saturated carbocycles. The Morgan fingerprint density at radius 3 is 2.74 bits per heavy atom. The number of fused-ring (bicyclic) bond motifs is 2. The molecule has 0 bridgehead atoms. The van der Waals surface area contributed by atoms with Crippen molar-refractivity contribution in [2.45, 2.75) is 38.7 Å². The zero-order chi connectivity index (χ0) is 26.3. The number of H-pyrrole nitrogens is 1. The normalized spacial score (nSPS) is 18.3. The number of aryl methyl sites for hydroxylation is 1. The van der Waals surface area contributed by atoms with Crippen LogP contribution in [0.25, 0.3) is 22.3 Å². The summed E-state index contributed by atoms with van der Waals surface area (Å²) < 4.78 is 12.5. The first-order valence-corrected chi connectivity index (χ1v) is 13.0. The van der Waals surface area contributed by atoms with Crippen LogP contribution in [0.5, 0.6) is 11.5 Å². The van der Waals surface area contributed by atoms with Gasteiger partial charge < -0.3 is 14.8 Å². The van der Waals surface area contributed by atoms with Crippen molar-refractivity contribution in [1.29, 1.82) is 0 Å². The van der Waals surface area contributed by atoms with Gasteiger partial charge in [0.1, 0.15) is 28.7 Å². The van der Waals surface area contributed by atoms with Crippen LogP contribution in [0.3, 0.4) is 0 Å². The van der Waals surface area contributed by atoms with Crippen LogP contribution in [0.15, 0.2) is 42.5 Å². The van der Waals surface area contributed by atoms with Crippen LogP contribution in [0.4, 0.5) is 0 Å². The number of pyridine rings is 1. The molecule has 10 heteroatoms. The molecule has 38 heavy (non-hydrogen) atoms. The Hall–Kier alpha value is -4.18. The van der Waals surface area contributed by atoms with E-state index in [9.17, 15) is 9.59 Å². The molecule has 2 aromatic carbocycles. The molecule has 4 aromatic rings. The summed E-state index contributed by atoms with van der Waals surface area (Å²) in [4.78, 5) is 33.3. The van der Waals surface area contributed by atoms with Gasteiger partial charge in [-0.05, 0) is 61.5 Å². The molecule has 0 amide bonds. The average molecular weight is 513 g/mol. The molecule has 2 N–H and O–H groups in total. The van der Waals surface area contributed by atoms with Gasteiger partial charge >= 0.3 is 0 Å². The van der Waals surface area contributed by atoms with Crippen LogP contribution < -0.4 is 14.8 Å². The predicted molar refractivity (Wildman–Crippen MR) is 140 cm³/mol. The van der Waals surface area contributed by atoms with Gasteiger partial charge in [0.15, 0.2) is 11.6 Å². The van der Waals surface area contributed by atoms with E-state index in [0.717, 1.165) is 17.4 Å². The van der Waals surface area contributed by atoms with E-state index in [0.29, 0.717) is 66.5 Å². The highest BCUT2D eigenvalue weighted by Crippen LogP contribution is 2.44. The number of nitrogens with one attached hydrogen (secondary N) is 2. The van der Waals surface area contributed by atoms with Crippen molar-refractivity contribution >= 4 is 22.5 Å². The molecule has 10 nitrogen and oxygen atoms in total. The van der Waals surface area contributed by atoms with Crippen LogP contribution in [-0.4, -0.2) is 62.5 Å². The number of benzene rings is 2. The molecule has 2 aliphatic rings. The summed E-state index contributed by atoms with van der Waals surface area (Å²) in [7, 11) is 0.